The van der Waals surface area contributed by atoms with Crippen molar-refractivity contribution >= 4 is 17.0 Å². The van der Waals surface area contributed by atoms with Crippen LogP contribution in [0, 0.1) is 11.8 Å². The zero-order valence-corrected chi connectivity index (χ0v) is 10.8. The molecular weight excluding hydrogens is 242 g/mol. The molecule has 100 valence electrons. The maximum Gasteiger partial charge on any atom is 0.165 e. The molecule has 2 saturated carbocycles. The van der Waals surface area contributed by atoms with Gasteiger partial charge in [-0.15, -0.1) is 0 Å². The number of aromatic nitrogens is 4. The van der Waals surface area contributed by atoms with Gasteiger partial charge in [0, 0.05) is 13.1 Å². The summed E-state index contributed by atoms with van der Waals surface area (Å²) in [6, 6.07) is 0.411. The Balaban J connectivity index is 1.63. The molecule has 0 amide bonds. The average Bonchev–Trinajstić information content (AvgIpc) is 3.05. The lowest BCUT2D eigenvalue weighted by molar-refractivity contribution is 0.110. The quantitative estimate of drug-likeness (QED) is 0.839. The highest BCUT2D eigenvalue weighted by molar-refractivity contribution is 5.82. The number of hydrogen-bond acceptors (Lipinski definition) is 5. The lowest BCUT2D eigenvalue weighted by Gasteiger charge is -2.26. The Morgan fingerprint density at radius 1 is 1.21 bits per heavy atom. The smallest absolute Gasteiger partial charge is 0.165 e. The molecule has 19 heavy (non-hydrogen) atoms. The second kappa shape index (κ2) is 3.90. The standard InChI is InChI=1S/C13H17N5O/c1-18-6-16-11-12(14-5-15-13(11)18)17-9-3-8-2-7(9)4-10(8)19/h5-10,19H,2-4H2,1H3,(H,14,15,17)/t7-,8-,9-,10+/m0/s1. The van der Waals surface area contributed by atoms with E-state index in [0.717, 1.165) is 36.2 Å². The van der Waals surface area contributed by atoms with Crippen LogP contribution in [-0.2, 0) is 7.05 Å². The van der Waals surface area contributed by atoms with Gasteiger partial charge in [-0.1, -0.05) is 0 Å². The zero-order valence-electron chi connectivity index (χ0n) is 10.8. The van der Waals surface area contributed by atoms with E-state index < -0.39 is 0 Å². The summed E-state index contributed by atoms with van der Waals surface area (Å²) in [6.07, 6.45) is 6.32. The van der Waals surface area contributed by atoms with Crippen molar-refractivity contribution in [2.45, 2.75) is 31.4 Å². The summed E-state index contributed by atoms with van der Waals surface area (Å²) >= 11 is 0. The highest BCUT2D eigenvalue weighted by Gasteiger charge is 2.45. The third-order valence-corrected chi connectivity index (χ3v) is 4.64. The summed E-state index contributed by atoms with van der Waals surface area (Å²) in [5.41, 5.74) is 1.68. The van der Waals surface area contributed by atoms with Crippen molar-refractivity contribution in [1.82, 2.24) is 19.5 Å². The largest absolute Gasteiger partial charge is 0.393 e. The Morgan fingerprint density at radius 2 is 2.11 bits per heavy atom. The molecule has 6 heteroatoms. The van der Waals surface area contributed by atoms with Gasteiger partial charge in [-0.3, -0.25) is 0 Å². The molecule has 2 aromatic rings. The molecule has 4 atom stereocenters. The van der Waals surface area contributed by atoms with E-state index in [4.69, 9.17) is 0 Å². The topological polar surface area (TPSA) is 75.9 Å². The number of hydrogen-bond donors (Lipinski definition) is 2. The van der Waals surface area contributed by atoms with Crippen molar-refractivity contribution in [2.24, 2.45) is 18.9 Å². The first-order chi connectivity index (χ1) is 9.22. The monoisotopic (exact) mass is 259 g/mol. The van der Waals surface area contributed by atoms with Gasteiger partial charge in [0.25, 0.3) is 0 Å². The van der Waals surface area contributed by atoms with Gasteiger partial charge in [-0.25, -0.2) is 15.0 Å². The van der Waals surface area contributed by atoms with Gasteiger partial charge >= 0.3 is 0 Å². The van der Waals surface area contributed by atoms with Gasteiger partial charge in [0.15, 0.2) is 11.5 Å². The molecule has 0 unspecified atom stereocenters. The van der Waals surface area contributed by atoms with Crippen molar-refractivity contribution in [3.8, 4) is 0 Å². The molecule has 4 rings (SSSR count). The lowest BCUT2D eigenvalue weighted by Crippen LogP contribution is -2.31. The van der Waals surface area contributed by atoms with Crippen LogP contribution in [0.15, 0.2) is 12.7 Å². The molecule has 0 aliphatic heterocycles. The fourth-order valence-electron chi connectivity index (χ4n) is 3.65. The van der Waals surface area contributed by atoms with E-state index in [1.165, 1.54) is 0 Å². The molecule has 2 aliphatic carbocycles. The van der Waals surface area contributed by atoms with Crippen molar-refractivity contribution in [1.29, 1.82) is 0 Å². The second-order valence-electron chi connectivity index (χ2n) is 5.80. The first-order valence-corrected chi connectivity index (χ1v) is 6.79. The van der Waals surface area contributed by atoms with Crippen molar-refractivity contribution in [3.63, 3.8) is 0 Å². The average molecular weight is 259 g/mol. The Kier molecular flexibility index (Phi) is 2.29. The molecule has 0 saturated heterocycles. The van der Waals surface area contributed by atoms with Crippen LogP contribution < -0.4 is 5.32 Å². The van der Waals surface area contributed by atoms with Crippen molar-refractivity contribution < 1.29 is 5.11 Å². The van der Waals surface area contributed by atoms with E-state index in [9.17, 15) is 5.11 Å². The molecule has 2 bridgehead atoms. The molecule has 0 radical (unpaired) electrons. The van der Waals surface area contributed by atoms with Crippen molar-refractivity contribution in [3.05, 3.63) is 12.7 Å². The summed E-state index contributed by atoms with van der Waals surface area (Å²) < 4.78 is 1.90. The molecule has 2 aliphatic rings. The van der Waals surface area contributed by atoms with Crippen LogP contribution in [0.3, 0.4) is 0 Å². The summed E-state index contributed by atoms with van der Waals surface area (Å²) in [6.45, 7) is 0. The van der Waals surface area contributed by atoms with E-state index in [0.29, 0.717) is 17.9 Å². The van der Waals surface area contributed by atoms with Crippen LogP contribution in [0.5, 0.6) is 0 Å². The third-order valence-electron chi connectivity index (χ3n) is 4.64. The van der Waals surface area contributed by atoms with Gasteiger partial charge in [0.1, 0.15) is 11.8 Å². The molecule has 2 heterocycles. The Labute approximate surface area is 110 Å². The normalized spacial score (nSPS) is 33.2. The summed E-state index contributed by atoms with van der Waals surface area (Å²) in [5.74, 6) is 1.84. The number of rotatable bonds is 2. The summed E-state index contributed by atoms with van der Waals surface area (Å²) in [5, 5.41) is 13.3. The fraction of sp³-hybridized carbons (Fsp3) is 0.615. The number of fused-ring (bicyclic) bond motifs is 3. The van der Waals surface area contributed by atoms with Crippen molar-refractivity contribution in [2.75, 3.05) is 5.32 Å². The Morgan fingerprint density at radius 3 is 2.84 bits per heavy atom. The fourth-order valence-corrected chi connectivity index (χ4v) is 3.65. The van der Waals surface area contributed by atoms with Crippen LogP contribution in [0.25, 0.3) is 11.2 Å². The van der Waals surface area contributed by atoms with Gasteiger partial charge in [0.2, 0.25) is 0 Å². The Bertz CT molecular complexity index is 623. The molecule has 6 nitrogen and oxygen atoms in total. The van der Waals surface area contributed by atoms with E-state index in [2.05, 4.69) is 20.3 Å². The van der Waals surface area contributed by atoms with Crippen LogP contribution in [0.4, 0.5) is 5.82 Å². The number of nitrogens with zero attached hydrogens (tertiary/aromatic N) is 4. The molecule has 2 aromatic heterocycles. The molecule has 0 aromatic carbocycles. The number of aliphatic hydroxyl groups is 1. The first-order valence-electron chi connectivity index (χ1n) is 6.79. The van der Waals surface area contributed by atoms with Gasteiger partial charge in [-0.2, -0.15) is 0 Å². The minimum atomic E-state index is -0.0941. The zero-order chi connectivity index (χ0) is 13.0. The summed E-state index contributed by atoms with van der Waals surface area (Å²) in [4.78, 5) is 12.9. The van der Waals surface area contributed by atoms with Crippen LogP contribution in [0.1, 0.15) is 19.3 Å². The molecular formula is C13H17N5O. The SMILES string of the molecule is Cn1cnc2c(N[C@H]3C[C@@H]4C[C@H]3C[C@H]4O)ncnc21. The Hall–Kier alpha value is -1.69. The van der Waals surface area contributed by atoms with Gasteiger partial charge < -0.3 is 15.0 Å². The van der Waals surface area contributed by atoms with E-state index >= 15 is 0 Å². The van der Waals surface area contributed by atoms with Gasteiger partial charge in [-0.05, 0) is 31.1 Å². The van der Waals surface area contributed by atoms with Crippen LogP contribution >= 0.6 is 0 Å². The van der Waals surface area contributed by atoms with Gasteiger partial charge in [0.05, 0.1) is 12.4 Å². The number of aliphatic hydroxyl groups excluding tert-OH is 1. The number of nitrogens with one attached hydrogen (secondary N) is 1. The summed E-state index contributed by atoms with van der Waals surface area (Å²) in [7, 11) is 1.93. The van der Waals surface area contributed by atoms with E-state index in [1.54, 1.807) is 12.7 Å². The van der Waals surface area contributed by atoms with E-state index in [-0.39, 0.29) is 6.10 Å². The predicted octanol–water partition coefficient (Wildman–Crippen LogP) is 0.935. The van der Waals surface area contributed by atoms with Crippen LogP contribution in [0.2, 0.25) is 0 Å². The number of aryl methyl sites for hydroxylation is 1. The molecule has 2 fully saturated rings. The minimum absolute atomic E-state index is 0.0941. The lowest BCUT2D eigenvalue weighted by atomic mass is 9.93. The second-order valence-corrected chi connectivity index (χ2v) is 5.80. The molecule has 0 spiro atoms. The number of anilines is 1. The third kappa shape index (κ3) is 1.63. The first kappa shape index (κ1) is 11.2. The molecule has 2 N–H and O–H groups in total. The number of imidazole rings is 1. The minimum Gasteiger partial charge on any atom is -0.393 e. The van der Waals surface area contributed by atoms with Crippen LogP contribution in [-0.4, -0.2) is 36.8 Å². The highest BCUT2D eigenvalue weighted by Crippen LogP contribution is 2.45. The predicted molar refractivity (Wildman–Crippen MR) is 70.6 cm³/mol. The van der Waals surface area contributed by atoms with E-state index in [1.807, 2.05) is 11.6 Å². The highest BCUT2D eigenvalue weighted by atomic mass is 16.3. The maximum atomic E-state index is 9.81. The maximum absolute atomic E-state index is 9.81.